The van der Waals surface area contributed by atoms with Gasteiger partial charge in [0.25, 0.3) is 0 Å². The zero-order valence-corrected chi connectivity index (χ0v) is 11.9. The van der Waals surface area contributed by atoms with Gasteiger partial charge in [0, 0.05) is 32.4 Å². The Hall–Kier alpha value is -1.88. The molecule has 0 radical (unpaired) electrons. The Bertz CT molecular complexity index is 502. The van der Waals surface area contributed by atoms with Gasteiger partial charge in [0.2, 0.25) is 11.8 Å². The number of para-hydroxylation sites is 1. The van der Waals surface area contributed by atoms with Gasteiger partial charge in [-0.05, 0) is 25.0 Å². The molecule has 0 bridgehead atoms. The molecule has 2 rings (SSSR count). The number of fused-ring (bicyclic) bond motifs is 1. The van der Waals surface area contributed by atoms with E-state index >= 15 is 0 Å². The van der Waals surface area contributed by atoms with E-state index < -0.39 is 6.04 Å². The summed E-state index contributed by atoms with van der Waals surface area (Å²) in [5, 5.41) is 2.87. The molecule has 5 nitrogen and oxygen atoms in total. The van der Waals surface area contributed by atoms with E-state index in [0.29, 0.717) is 26.0 Å². The standard InChI is InChI=1S/C15H20N2O3/c1-11-15(19)16-13-7-4-3-6-12(13)10-17(11)14(18)8-5-9-20-2/h3-4,6-7,11H,5,8-10H2,1-2H3,(H,16,19). The van der Waals surface area contributed by atoms with Gasteiger partial charge in [-0.2, -0.15) is 0 Å². The Morgan fingerprint density at radius 3 is 2.95 bits per heavy atom. The lowest BCUT2D eigenvalue weighted by molar-refractivity contribution is -0.138. The average molecular weight is 276 g/mol. The highest BCUT2D eigenvalue weighted by atomic mass is 16.5. The maximum Gasteiger partial charge on any atom is 0.246 e. The van der Waals surface area contributed by atoms with E-state index in [1.165, 1.54) is 0 Å². The van der Waals surface area contributed by atoms with Crippen molar-refractivity contribution >= 4 is 17.5 Å². The van der Waals surface area contributed by atoms with Crippen molar-refractivity contribution in [3.63, 3.8) is 0 Å². The molecule has 108 valence electrons. The number of carbonyl (C=O) groups excluding carboxylic acids is 2. The normalized spacial score (nSPS) is 18.2. The van der Waals surface area contributed by atoms with Crippen LogP contribution in [0.25, 0.3) is 0 Å². The van der Waals surface area contributed by atoms with E-state index in [9.17, 15) is 9.59 Å². The van der Waals surface area contributed by atoms with Crippen molar-refractivity contribution in [3.8, 4) is 0 Å². The van der Waals surface area contributed by atoms with Crippen LogP contribution in [0.1, 0.15) is 25.3 Å². The van der Waals surface area contributed by atoms with E-state index in [0.717, 1.165) is 11.3 Å². The van der Waals surface area contributed by atoms with Crippen LogP contribution >= 0.6 is 0 Å². The summed E-state index contributed by atoms with van der Waals surface area (Å²) in [6.07, 6.45) is 1.06. The van der Waals surface area contributed by atoms with Gasteiger partial charge in [-0.1, -0.05) is 18.2 Å². The van der Waals surface area contributed by atoms with Gasteiger partial charge >= 0.3 is 0 Å². The van der Waals surface area contributed by atoms with Crippen LogP contribution in [0, 0.1) is 0 Å². The van der Waals surface area contributed by atoms with Crippen molar-refractivity contribution in [3.05, 3.63) is 29.8 Å². The predicted octanol–water partition coefficient (Wildman–Crippen LogP) is 1.78. The minimum absolute atomic E-state index is 0.0126. The Labute approximate surface area is 118 Å². The molecule has 5 heteroatoms. The zero-order valence-electron chi connectivity index (χ0n) is 11.9. The summed E-state index contributed by atoms with van der Waals surface area (Å²) < 4.78 is 4.96. The van der Waals surface area contributed by atoms with Crippen molar-refractivity contribution in [2.75, 3.05) is 19.0 Å². The van der Waals surface area contributed by atoms with Crippen LogP contribution in [0.3, 0.4) is 0 Å². The molecule has 1 unspecified atom stereocenters. The highest BCUT2D eigenvalue weighted by Crippen LogP contribution is 2.23. The summed E-state index contributed by atoms with van der Waals surface area (Å²) in [7, 11) is 1.61. The highest BCUT2D eigenvalue weighted by Gasteiger charge is 2.29. The van der Waals surface area contributed by atoms with E-state index in [1.807, 2.05) is 24.3 Å². The smallest absolute Gasteiger partial charge is 0.246 e. The van der Waals surface area contributed by atoms with Gasteiger partial charge in [-0.15, -0.1) is 0 Å². The van der Waals surface area contributed by atoms with Crippen molar-refractivity contribution < 1.29 is 14.3 Å². The molecule has 1 aromatic carbocycles. The molecule has 1 N–H and O–H groups in total. The van der Waals surface area contributed by atoms with Crippen molar-refractivity contribution in [1.82, 2.24) is 4.90 Å². The van der Waals surface area contributed by atoms with Gasteiger partial charge in [0.05, 0.1) is 0 Å². The topological polar surface area (TPSA) is 58.6 Å². The number of hydrogen-bond acceptors (Lipinski definition) is 3. The molecule has 0 saturated carbocycles. The predicted molar refractivity (Wildman–Crippen MR) is 76.2 cm³/mol. The molecular weight excluding hydrogens is 256 g/mol. The van der Waals surface area contributed by atoms with Crippen LogP contribution < -0.4 is 5.32 Å². The third-order valence-electron chi connectivity index (χ3n) is 3.52. The highest BCUT2D eigenvalue weighted by molar-refractivity contribution is 5.98. The Kier molecular flexibility index (Phi) is 4.74. The Morgan fingerprint density at radius 2 is 2.20 bits per heavy atom. The van der Waals surface area contributed by atoms with E-state index in [4.69, 9.17) is 4.74 Å². The van der Waals surface area contributed by atoms with E-state index in [-0.39, 0.29) is 11.8 Å². The fourth-order valence-electron chi connectivity index (χ4n) is 2.29. The molecule has 0 saturated heterocycles. The Balaban J connectivity index is 2.15. The van der Waals surface area contributed by atoms with Crippen LogP contribution in [0.2, 0.25) is 0 Å². The lowest BCUT2D eigenvalue weighted by atomic mass is 10.1. The maximum absolute atomic E-state index is 12.3. The zero-order chi connectivity index (χ0) is 14.5. The summed E-state index contributed by atoms with van der Waals surface area (Å²) in [6.45, 7) is 2.77. The van der Waals surface area contributed by atoms with Crippen molar-refractivity contribution in [1.29, 1.82) is 0 Å². The van der Waals surface area contributed by atoms with Crippen molar-refractivity contribution in [2.24, 2.45) is 0 Å². The number of nitrogens with one attached hydrogen (secondary N) is 1. The van der Waals surface area contributed by atoms with Gasteiger partial charge < -0.3 is 15.0 Å². The molecule has 0 fully saturated rings. The number of ether oxygens (including phenoxy) is 1. The molecule has 0 aromatic heterocycles. The summed E-state index contributed by atoms with van der Waals surface area (Å²) in [5.41, 5.74) is 1.75. The molecular formula is C15H20N2O3. The molecule has 1 heterocycles. The lowest BCUT2D eigenvalue weighted by Gasteiger charge is -2.25. The van der Waals surface area contributed by atoms with Crippen molar-refractivity contribution in [2.45, 2.75) is 32.4 Å². The molecule has 20 heavy (non-hydrogen) atoms. The number of methoxy groups -OCH3 is 1. The summed E-state index contributed by atoms with van der Waals surface area (Å²) in [6, 6.07) is 7.12. The molecule has 1 aromatic rings. The van der Waals surface area contributed by atoms with Crippen LogP contribution in [-0.4, -0.2) is 36.5 Å². The van der Waals surface area contributed by atoms with E-state index in [2.05, 4.69) is 5.32 Å². The monoisotopic (exact) mass is 276 g/mol. The van der Waals surface area contributed by atoms with Gasteiger partial charge in [0.15, 0.2) is 0 Å². The SMILES string of the molecule is COCCCC(=O)N1Cc2ccccc2NC(=O)C1C. The fourth-order valence-corrected chi connectivity index (χ4v) is 2.29. The number of anilines is 1. The van der Waals surface area contributed by atoms with Crippen LogP contribution in [-0.2, 0) is 20.9 Å². The number of nitrogens with zero attached hydrogens (tertiary/aromatic N) is 1. The number of amides is 2. The van der Waals surface area contributed by atoms with Gasteiger partial charge in [-0.3, -0.25) is 9.59 Å². The second kappa shape index (κ2) is 6.52. The first-order valence-electron chi connectivity index (χ1n) is 6.80. The van der Waals surface area contributed by atoms with Gasteiger partial charge in [-0.25, -0.2) is 0 Å². The number of rotatable bonds is 4. The average Bonchev–Trinajstić information content (AvgIpc) is 2.57. The minimum Gasteiger partial charge on any atom is -0.385 e. The maximum atomic E-state index is 12.3. The first-order chi connectivity index (χ1) is 9.63. The van der Waals surface area contributed by atoms with Crippen LogP contribution in [0.4, 0.5) is 5.69 Å². The molecule has 1 atom stereocenters. The fraction of sp³-hybridized carbons (Fsp3) is 0.467. The van der Waals surface area contributed by atoms with Crippen LogP contribution in [0.5, 0.6) is 0 Å². The quantitative estimate of drug-likeness (QED) is 0.853. The Morgan fingerprint density at radius 1 is 1.45 bits per heavy atom. The minimum atomic E-state index is -0.461. The molecule has 1 aliphatic heterocycles. The summed E-state index contributed by atoms with van der Waals surface area (Å²) in [5.74, 6) is -0.156. The molecule has 0 spiro atoms. The largest absolute Gasteiger partial charge is 0.385 e. The summed E-state index contributed by atoms with van der Waals surface area (Å²) in [4.78, 5) is 26.0. The number of benzene rings is 1. The third kappa shape index (κ3) is 3.17. The van der Waals surface area contributed by atoms with Gasteiger partial charge in [0.1, 0.15) is 6.04 Å². The lowest BCUT2D eigenvalue weighted by Crippen LogP contribution is -2.43. The first-order valence-corrected chi connectivity index (χ1v) is 6.80. The first kappa shape index (κ1) is 14.5. The molecule has 2 amide bonds. The third-order valence-corrected chi connectivity index (χ3v) is 3.52. The summed E-state index contributed by atoms with van der Waals surface area (Å²) >= 11 is 0. The molecule has 1 aliphatic rings. The van der Waals surface area contributed by atoms with E-state index in [1.54, 1.807) is 18.9 Å². The second-order valence-corrected chi connectivity index (χ2v) is 4.94. The molecule has 0 aliphatic carbocycles. The number of carbonyl (C=O) groups is 2. The number of hydrogen-bond donors (Lipinski definition) is 1. The second-order valence-electron chi connectivity index (χ2n) is 4.94. The van der Waals surface area contributed by atoms with Crippen LogP contribution in [0.15, 0.2) is 24.3 Å².